The minimum Gasteiger partial charge on any atom is -0.480 e. The molecule has 0 aromatic rings. The van der Waals surface area contributed by atoms with Gasteiger partial charge >= 0.3 is 12.0 Å². The van der Waals surface area contributed by atoms with E-state index in [0.29, 0.717) is 25.0 Å². The van der Waals surface area contributed by atoms with Gasteiger partial charge in [0.05, 0.1) is 0 Å². The van der Waals surface area contributed by atoms with Crippen LogP contribution in [-0.4, -0.2) is 43.4 Å². The molecule has 0 spiro atoms. The average molecular weight is 260 g/mol. The molecule has 0 bridgehead atoms. The molecule has 2 unspecified atom stereocenters. The Morgan fingerprint density at radius 1 is 1.28 bits per heavy atom. The Kier molecular flexibility index (Phi) is 8.11. The topological polar surface area (TPSA) is 87.7 Å². The summed E-state index contributed by atoms with van der Waals surface area (Å²) < 4.78 is 4.80. The molecule has 0 heterocycles. The first-order valence-corrected chi connectivity index (χ1v) is 6.14. The van der Waals surface area contributed by atoms with Gasteiger partial charge in [0.1, 0.15) is 6.04 Å². The first-order chi connectivity index (χ1) is 8.38. The van der Waals surface area contributed by atoms with Crippen molar-refractivity contribution in [3.05, 3.63) is 0 Å². The molecular formula is C12H24N2O4. The van der Waals surface area contributed by atoms with Crippen LogP contribution in [0.5, 0.6) is 0 Å². The van der Waals surface area contributed by atoms with Crippen molar-refractivity contribution in [3.8, 4) is 0 Å². The lowest BCUT2D eigenvalue weighted by Crippen LogP contribution is -2.47. The number of carbonyl (C=O) groups is 2. The molecule has 0 rings (SSSR count). The maximum Gasteiger partial charge on any atom is 0.326 e. The first-order valence-electron chi connectivity index (χ1n) is 6.14. The third kappa shape index (κ3) is 7.11. The van der Waals surface area contributed by atoms with Crippen molar-refractivity contribution in [2.75, 3.05) is 20.3 Å². The van der Waals surface area contributed by atoms with Crippen molar-refractivity contribution < 1.29 is 19.4 Å². The summed E-state index contributed by atoms with van der Waals surface area (Å²) in [6, 6.07) is -1.37. The van der Waals surface area contributed by atoms with E-state index in [1.54, 1.807) is 0 Å². The van der Waals surface area contributed by atoms with Crippen LogP contribution in [0.1, 0.15) is 27.2 Å². The molecule has 0 saturated carbocycles. The molecule has 2 atom stereocenters. The number of urea groups is 1. The number of methoxy groups -OCH3 is 1. The molecule has 0 aliphatic heterocycles. The SMILES string of the molecule is COCCC(NC(=O)NCC(C)C(C)C)C(=O)O. The highest BCUT2D eigenvalue weighted by Gasteiger charge is 2.19. The fraction of sp³-hybridized carbons (Fsp3) is 0.833. The maximum atomic E-state index is 11.5. The quantitative estimate of drug-likeness (QED) is 0.609. The Bertz CT molecular complexity index is 269. The number of hydrogen-bond donors (Lipinski definition) is 3. The van der Waals surface area contributed by atoms with Gasteiger partial charge in [0.25, 0.3) is 0 Å². The van der Waals surface area contributed by atoms with E-state index in [1.807, 2.05) is 6.92 Å². The Labute approximate surface area is 108 Å². The summed E-state index contributed by atoms with van der Waals surface area (Å²) >= 11 is 0. The van der Waals surface area contributed by atoms with Crippen LogP contribution in [0.4, 0.5) is 4.79 Å². The maximum absolute atomic E-state index is 11.5. The van der Waals surface area contributed by atoms with E-state index in [1.165, 1.54) is 7.11 Å². The number of ether oxygens (including phenoxy) is 1. The van der Waals surface area contributed by atoms with Gasteiger partial charge in [-0.15, -0.1) is 0 Å². The van der Waals surface area contributed by atoms with E-state index in [0.717, 1.165) is 0 Å². The van der Waals surface area contributed by atoms with Crippen molar-refractivity contribution in [1.29, 1.82) is 0 Å². The third-order valence-corrected chi connectivity index (χ3v) is 2.94. The molecule has 0 radical (unpaired) electrons. The zero-order valence-electron chi connectivity index (χ0n) is 11.5. The van der Waals surface area contributed by atoms with Gasteiger partial charge in [-0.2, -0.15) is 0 Å². The molecule has 2 amide bonds. The van der Waals surface area contributed by atoms with Gasteiger partial charge < -0.3 is 20.5 Å². The molecule has 0 aromatic carbocycles. The Morgan fingerprint density at radius 2 is 1.89 bits per heavy atom. The summed E-state index contributed by atoms with van der Waals surface area (Å²) in [5.74, 6) is -0.244. The summed E-state index contributed by atoms with van der Waals surface area (Å²) in [5, 5.41) is 14.0. The number of rotatable bonds is 8. The highest BCUT2D eigenvalue weighted by atomic mass is 16.5. The molecular weight excluding hydrogens is 236 g/mol. The number of carboxylic acids is 1. The highest BCUT2D eigenvalue weighted by Crippen LogP contribution is 2.07. The number of aliphatic carboxylic acids is 1. The number of carbonyl (C=O) groups excluding carboxylic acids is 1. The lowest BCUT2D eigenvalue weighted by molar-refractivity contribution is -0.139. The number of hydrogen-bond acceptors (Lipinski definition) is 3. The molecule has 3 N–H and O–H groups in total. The van der Waals surface area contributed by atoms with E-state index < -0.39 is 18.0 Å². The van der Waals surface area contributed by atoms with Crippen molar-refractivity contribution in [1.82, 2.24) is 10.6 Å². The predicted octanol–water partition coefficient (Wildman–Crippen LogP) is 1.07. The van der Waals surface area contributed by atoms with Crippen LogP contribution in [0, 0.1) is 11.8 Å². The normalized spacial score (nSPS) is 14.1. The van der Waals surface area contributed by atoms with Gasteiger partial charge in [-0.05, 0) is 11.8 Å². The number of carboxylic acid groups (broad SMARTS) is 1. The Morgan fingerprint density at radius 3 is 2.33 bits per heavy atom. The standard InChI is InChI=1S/C12H24N2O4/c1-8(2)9(3)7-13-12(17)14-10(11(15)16)5-6-18-4/h8-10H,5-7H2,1-4H3,(H,15,16)(H2,13,14,17). The summed E-state index contributed by atoms with van der Waals surface area (Å²) in [4.78, 5) is 22.4. The molecule has 6 nitrogen and oxygen atoms in total. The lowest BCUT2D eigenvalue weighted by atomic mass is 9.98. The Balaban J connectivity index is 4.06. The van der Waals surface area contributed by atoms with Gasteiger partial charge in [0, 0.05) is 26.7 Å². The zero-order valence-corrected chi connectivity index (χ0v) is 11.5. The van der Waals surface area contributed by atoms with Gasteiger partial charge in [-0.25, -0.2) is 9.59 Å². The second kappa shape index (κ2) is 8.74. The van der Waals surface area contributed by atoms with Gasteiger partial charge in [0.15, 0.2) is 0 Å². The molecule has 0 aromatic heterocycles. The predicted molar refractivity (Wildman–Crippen MR) is 68.5 cm³/mol. The monoisotopic (exact) mass is 260 g/mol. The van der Waals surface area contributed by atoms with Gasteiger partial charge in [-0.1, -0.05) is 20.8 Å². The van der Waals surface area contributed by atoms with Crippen molar-refractivity contribution in [2.45, 2.75) is 33.2 Å². The van der Waals surface area contributed by atoms with Crippen LogP contribution >= 0.6 is 0 Å². The van der Waals surface area contributed by atoms with Crippen molar-refractivity contribution >= 4 is 12.0 Å². The first kappa shape index (κ1) is 16.7. The largest absolute Gasteiger partial charge is 0.480 e. The minimum atomic E-state index is -1.06. The van der Waals surface area contributed by atoms with Crippen LogP contribution in [0.25, 0.3) is 0 Å². The summed E-state index contributed by atoms with van der Waals surface area (Å²) in [6.07, 6.45) is 0.249. The van der Waals surface area contributed by atoms with E-state index in [-0.39, 0.29) is 6.42 Å². The second-order valence-electron chi connectivity index (χ2n) is 4.75. The highest BCUT2D eigenvalue weighted by molar-refractivity contribution is 5.82. The molecule has 0 aliphatic rings. The lowest BCUT2D eigenvalue weighted by Gasteiger charge is -2.18. The Hall–Kier alpha value is -1.30. The summed E-state index contributed by atoms with van der Waals surface area (Å²) in [7, 11) is 1.49. The van der Waals surface area contributed by atoms with E-state index in [4.69, 9.17) is 9.84 Å². The molecule has 0 aliphatic carbocycles. The van der Waals surface area contributed by atoms with Crippen LogP contribution in [0.15, 0.2) is 0 Å². The smallest absolute Gasteiger partial charge is 0.326 e. The fourth-order valence-corrected chi connectivity index (χ4v) is 1.19. The molecule has 106 valence electrons. The van der Waals surface area contributed by atoms with E-state index >= 15 is 0 Å². The van der Waals surface area contributed by atoms with Crippen LogP contribution in [0.2, 0.25) is 0 Å². The average Bonchev–Trinajstić information content (AvgIpc) is 2.30. The van der Waals surface area contributed by atoms with Crippen LogP contribution < -0.4 is 10.6 Å². The number of nitrogens with one attached hydrogen (secondary N) is 2. The molecule has 18 heavy (non-hydrogen) atoms. The van der Waals surface area contributed by atoms with Crippen LogP contribution in [0.3, 0.4) is 0 Å². The van der Waals surface area contributed by atoms with E-state index in [2.05, 4.69) is 24.5 Å². The van der Waals surface area contributed by atoms with Crippen LogP contribution in [-0.2, 0) is 9.53 Å². The fourth-order valence-electron chi connectivity index (χ4n) is 1.19. The molecule has 0 saturated heterocycles. The van der Waals surface area contributed by atoms with Gasteiger partial charge in [-0.3, -0.25) is 0 Å². The van der Waals surface area contributed by atoms with Gasteiger partial charge in [0.2, 0.25) is 0 Å². The zero-order chi connectivity index (χ0) is 14.1. The second-order valence-corrected chi connectivity index (χ2v) is 4.75. The minimum absolute atomic E-state index is 0.249. The summed E-state index contributed by atoms with van der Waals surface area (Å²) in [6.45, 7) is 7.00. The van der Waals surface area contributed by atoms with E-state index in [9.17, 15) is 9.59 Å². The molecule has 0 fully saturated rings. The third-order valence-electron chi connectivity index (χ3n) is 2.94. The van der Waals surface area contributed by atoms with Crippen molar-refractivity contribution in [3.63, 3.8) is 0 Å². The summed E-state index contributed by atoms with van der Waals surface area (Å²) in [5.41, 5.74) is 0. The molecule has 6 heteroatoms. The van der Waals surface area contributed by atoms with Crippen molar-refractivity contribution in [2.24, 2.45) is 11.8 Å². The number of amides is 2.